The Hall–Kier alpha value is -1.80. The molecule has 0 unspecified atom stereocenters. The second-order valence-corrected chi connectivity index (χ2v) is 15.7. The number of benzene rings is 2. The quantitative estimate of drug-likeness (QED) is 0.156. The number of rotatable bonds is 13. The van der Waals surface area contributed by atoms with Crippen molar-refractivity contribution in [2.75, 3.05) is 13.2 Å². The van der Waals surface area contributed by atoms with Gasteiger partial charge in [0.2, 0.25) is 0 Å². The summed E-state index contributed by atoms with van der Waals surface area (Å²) in [4.78, 5) is 23.7. The van der Waals surface area contributed by atoms with Crippen LogP contribution in [-0.2, 0) is 25.3 Å². The molecule has 0 bridgehead atoms. The maximum atomic E-state index is 12.6. The van der Waals surface area contributed by atoms with E-state index in [1.807, 2.05) is 30.3 Å². The number of carbonyl (C=O) groups is 2. The van der Waals surface area contributed by atoms with Gasteiger partial charge in [-0.25, -0.2) is 4.79 Å². The van der Waals surface area contributed by atoms with E-state index in [-0.39, 0.29) is 29.6 Å². The highest BCUT2D eigenvalue weighted by atomic mass is 79.9. The number of carbonyl (C=O) groups excluding carboxylic acids is 2. The fourth-order valence-electron chi connectivity index (χ4n) is 3.19. The fraction of sp³-hybridized carbons (Fsp3) is 0.481. The molecule has 0 aromatic heterocycles. The molecular weight excluding hydrogens is 512 g/mol. The summed E-state index contributed by atoms with van der Waals surface area (Å²) >= 11 is 3.45. The Balaban J connectivity index is 2.15. The van der Waals surface area contributed by atoms with Crippen molar-refractivity contribution in [3.05, 3.63) is 70.2 Å². The molecule has 2 atom stereocenters. The van der Waals surface area contributed by atoms with Gasteiger partial charge in [-0.1, -0.05) is 67.0 Å². The minimum atomic E-state index is -2.14. The van der Waals surface area contributed by atoms with Gasteiger partial charge in [-0.05, 0) is 54.4 Å². The van der Waals surface area contributed by atoms with E-state index in [4.69, 9.17) is 13.9 Å². The van der Waals surface area contributed by atoms with Crippen LogP contribution in [0.15, 0.2) is 59.1 Å². The van der Waals surface area contributed by atoms with Gasteiger partial charge in [0.25, 0.3) is 0 Å². The highest BCUT2D eigenvalue weighted by Gasteiger charge is 2.41. The zero-order valence-corrected chi connectivity index (χ0v) is 23.5. The molecule has 0 amide bonds. The van der Waals surface area contributed by atoms with Crippen molar-refractivity contribution in [2.24, 2.45) is 5.92 Å². The van der Waals surface area contributed by atoms with Crippen LogP contribution in [0.1, 0.15) is 49.5 Å². The molecule has 0 radical (unpaired) electrons. The van der Waals surface area contributed by atoms with Gasteiger partial charge in [0.15, 0.2) is 8.32 Å². The van der Waals surface area contributed by atoms with E-state index in [9.17, 15) is 9.59 Å². The Kier molecular flexibility index (Phi) is 11.1. The number of ether oxygens (including phenoxy) is 2. The van der Waals surface area contributed by atoms with Gasteiger partial charge < -0.3 is 18.7 Å². The Morgan fingerprint density at radius 3 is 2.26 bits per heavy atom. The second-order valence-electron chi connectivity index (χ2n) is 10.0. The average molecular weight is 550 g/mol. The van der Waals surface area contributed by atoms with Crippen LogP contribution >= 0.6 is 15.9 Å². The Labute approximate surface area is 213 Å². The third-order valence-corrected chi connectivity index (χ3v) is 11.4. The molecule has 34 heavy (non-hydrogen) atoms. The molecule has 0 heterocycles. The van der Waals surface area contributed by atoms with Crippen LogP contribution in [0.3, 0.4) is 0 Å². The lowest BCUT2D eigenvalue weighted by atomic mass is 9.98. The number of esters is 1. The van der Waals surface area contributed by atoms with Crippen molar-refractivity contribution in [3.63, 3.8) is 0 Å². The van der Waals surface area contributed by atoms with Crippen LogP contribution in [0, 0.1) is 5.92 Å². The summed E-state index contributed by atoms with van der Waals surface area (Å²) in [6, 6.07) is 16.9. The molecule has 0 aliphatic carbocycles. The van der Waals surface area contributed by atoms with Crippen LogP contribution in [0.4, 0.5) is 0 Å². The summed E-state index contributed by atoms with van der Waals surface area (Å²) in [6.07, 6.45) is 1.54. The molecule has 0 spiro atoms. The molecule has 2 aromatic rings. The van der Waals surface area contributed by atoms with E-state index in [1.165, 1.54) is 0 Å². The van der Waals surface area contributed by atoms with E-state index in [0.717, 1.165) is 16.3 Å². The molecule has 2 rings (SSSR count). The average Bonchev–Trinajstić information content (AvgIpc) is 2.79. The molecule has 0 aliphatic rings. The molecule has 7 heteroatoms. The first-order chi connectivity index (χ1) is 16.0. The van der Waals surface area contributed by atoms with E-state index >= 15 is 0 Å². The van der Waals surface area contributed by atoms with Crippen molar-refractivity contribution in [1.82, 2.24) is 0 Å². The lowest BCUT2D eigenvalue weighted by Gasteiger charge is -2.41. The maximum absolute atomic E-state index is 12.6. The first-order valence-corrected chi connectivity index (χ1v) is 15.4. The zero-order valence-electron chi connectivity index (χ0n) is 20.9. The van der Waals surface area contributed by atoms with Gasteiger partial charge in [0, 0.05) is 16.8 Å². The summed E-state index contributed by atoms with van der Waals surface area (Å²) in [5.41, 5.74) is 1.57. The van der Waals surface area contributed by atoms with Crippen LogP contribution in [0.2, 0.25) is 18.1 Å². The third-order valence-electron chi connectivity index (χ3n) is 6.34. The smallest absolute Gasteiger partial charge is 0.338 e. The first-order valence-electron chi connectivity index (χ1n) is 11.7. The van der Waals surface area contributed by atoms with E-state index < -0.39 is 8.32 Å². The molecule has 5 nitrogen and oxygen atoms in total. The van der Waals surface area contributed by atoms with Crippen LogP contribution in [0.5, 0.6) is 0 Å². The van der Waals surface area contributed by atoms with Crippen molar-refractivity contribution < 1.29 is 23.5 Å². The van der Waals surface area contributed by atoms with Gasteiger partial charge in [-0.15, -0.1) is 0 Å². The van der Waals surface area contributed by atoms with E-state index in [2.05, 4.69) is 49.8 Å². The molecule has 0 saturated carbocycles. The number of hydrogen-bond donors (Lipinski definition) is 0. The van der Waals surface area contributed by atoms with Crippen molar-refractivity contribution in [1.29, 1.82) is 0 Å². The van der Waals surface area contributed by atoms with Crippen molar-refractivity contribution in [3.8, 4) is 0 Å². The molecule has 0 fully saturated rings. The van der Waals surface area contributed by atoms with Crippen molar-refractivity contribution >= 4 is 36.5 Å². The number of halogens is 1. The monoisotopic (exact) mass is 548 g/mol. The maximum Gasteiger partial charge on any atom is 0.338 e. The first kappa shape index (κ1) is 28.4. The highest BCUT2D eigenvalue weighted by molar-refractivity contribution is 9.10. The van der Waals surface area contributed by atoms with Crippen LogP contribution in [-0.4, -0.2) is 39.9 Å². The third kappa shape index (κ3) is 9.10. The van der Waals surface area contributed by atoms with E-state index in [1.54, 1.807) is 24.3 Å². The summed E-state index contributed by atoms with van der Waals surface area (Å²) in [5, 5.41) is 0.00683. The van der Waals surface area contributed by atoms with Crippen LogP contribution < -0.4 is 0 Å². The summed E-state index contributed by atoms with van der Waals surface area (Å²) in [7, 11) is -2.14. The topological polar surface area (TPSA) is 61.8 Å². The van der Waals surface area contributed by atoms with Gasteiger partial charge >= 0.3 is 5.97 Å². The predicted octanol–water partition coefficient (Wildman–Crippen LogP) is 6.81. The Morgan fingerprint density at radius 1 is 1.03 bits per heavy atom. The second kappa shape index (κ2) is 13.3. The highest BCUT2D eigenvalue weighted by Crippen LogP contribution is 2.38. The molecule has 0 aliphatic heterocycles. The Morgan fingerprint density at radius 2 is 1.68 bits per heavy atom. The molecule has 0 N–H and O–H groups in total. The van der Waals surface area contributed by atoms with Gasteiger partial charge in [-0.2, -0.15) is 0 Å². The number of hydrogen-bond acceptors (Lipinski definition) is 5. The molecule has 186 valence electrons. The summed E-state index contributed by atoms with van der Waals surface area (Å²) in [6.45, 7) is 11.9. The Bertz CT molecular complexity index is 893. The van der Waals surface area contributed by atoms with Gasteiger partial charge in [-0.3, -0.25) is 0 Å². The summed E-state index contributed by atoms with van der Waals surface area (Å²) < 4.78 is 19.5. The standard InChI is InChI=1S/C27H37BrO5Si/c1-27(2,3)34(4,5)33-25(20-31-18-21-13-15-24(28)16-14-21)23(12-9-17-29)19-32-26(30)22-10-7-6-8-11-22/h6-8,10-11,13-17,23,25H,9,12,18-20H2,1-5H3/t23-,25-/m1/s1. The minimum absolute atomic E-state index is 0.00683. The lowest BCUT2D eigenvalue weighted by Crippen LogP contribution is -2.48. The molecular formula is C27H37BrO5Si. The van der Waals surface area contributed by atoms with Crippen LogP contribution in [0.25, 0.3) is 0 Å². The summed E-state index contributed by atoms with van der Waals surface area (Å²) in [5.74, 6) is -0.532. The fourth-order valence-corrected chi connectivity index (χ4v) is 4.83. The zero-order chi connectivity index (χ0) is 25.2. The lowest BCUT2D eigenvalue weighted by molar-refractivity contribution is -0.108. The molecule has 2 aromatic carbocycles. The van der Waals surface area contributed by atoms with Gasteiger partial charge in [0.1, 0.15) is 6.29 Å². The largest absolute Gasteiger partial charge is 0.462 e. The van der Waals surface area contributed by atoms with Crippen molar-refractivity contribution in [2.45, 2.75) is 64.5 Å². The van der Waals surface area contributed by atoms with Gasteiger partial charge in [0.05, 0.1) is 31.5 Å². The normalized spacial score (nSPS) is 13.8. The number of aldehydes is 1. The van der Waals surface area contributed by atoms with E-state index in [0.29, 0.717) is 31.6 Å². The molecule has 0 saturated heterocycles. The predicted molar refractivity (Wildman–Crippen MR) is 141 cm³/mol. The SMILES string of the molecule is CC(C)(C)[Si](C)(C)O[C@H](COCc1ccc(Br)cc1)[C@H](CCC=O)COC(=O)c1ccccc1. The minimum Gasteiger partial charge on any atom is -0.462 e.